The van der Waals surface area contributed by atoms with Gasteiger partial charge in [-0.3, -0.25) is 14.4 Å². The number of carboxylic acid groups (broad SMARTS) is 1. The molecular formula is C13H20N2O4. The summed E-state index contributed by atoms with van der Waals surface area (Å²) in [4.78, 5) is 37.8. The normalized spacial score (nSPS) is 24.4. The maximum atomic E-state index is 12.1. The van der Waals surface area contributed by atoms with Gasteiger partial charge < -0.3 is 14.9 Å². The maximum Gasteiger partial charge on any atom is 0.308 e. The van der Waals surface area contributed by atoms with Gasteiger partial charge in [0.1, 0.15) is 0 Å². The second-order valence-electron chi connectivity index (χ2n) is 5.31. The van der Waals surface area contributed by atoms with Gasteiger partial charge in [0.15, 0.2) is 0 Å². The summed E-state index contributed by atoms with van der Waals surface area (Å²) < 4.78 is 0. The zero-order valence-electron chi connectivity index (χ0n) is 11.0. The Morgan fingerprint density at radius 2 is 1.79 bits per heavy atom. The monoisotopic (exact) mass is 268 g/mol. The van der Waals surface area contributed by atoms with E-state index in [-0.39, 0.29) is 31.3 Å². The molecule has 1 unspecified atom stereocenters. The van der Waals surface area contributed by atoms with Crippen LogP contribution in [0.5, 0.6) is 0 Å². The topological polar surface area (TPSA) is 77.9 Å². The summed E-state index contributed by atoms with van der Waals surface area (Å²) >= 11 is 0. The number of carboxylic acids is 1. The van der Waals surface area contributed by atoms with Crippen LogP contribution < -0.4 is 0 Å². The molecule has 2 aliphatic heterocycles. The highest BCUT2D eigenvalue weighted by atomic mass is 16.4. The number of carbonyl (C=O) groups excluding carboxylic acids is 2. The lowest BCUT2D eigenvalue weighted by molar-refractivity contribution is -0.141. The second kappa shape index (κ2) is 6.04. The lowest BCUT2D eigenvalue weighted by atomic mass is 10.1. The van der Waals surface area contributed by atoms with Crippen molar-refractivity contribution in [2.75, 3.05) is 26.2 Å². The zero-order valence-corrected chi connectivity index (χ0v) is 11.0. The highest BCUT2D eigenvalue weighted by Gasteiger charge is 2.35. The van der Waals surface area contributed by atoms with E-state index in [0.29, 0.717) is 0 Å². The van der Waals surface area contributed by atoms with Crippen molar-refractivity contribution in [1.82, 2.24) is 9.80 Å². The van der Waals surface area contributed by atoms with Gasteiger partial charge in [0.2, 0.25) is 11.8 Å². The molecule has 0 bridgehead atoms. The Hall–Kier alpha value is -1.59. The lowest BCUT2D eigenvalue weighted by Gasteiger charge is -2.23. The van der Waals surface area contributed by atoms with Crippen molar-refractivity contribution in [3.63, 3.8) is 0 Å². The highest BCUT2D eigenvalue weighted by molar-refractivity contribution is 5.89. The van der Waals surface area contributed by atoms with E-state index >= 15 is 0 Å². The fraction of sp³-hybridized carbons (Fsp3) is 0.769. The second-order valence-corrected chi connectivity index (χ2v) is 5.31. The number of nitrogens with zero attached hydrogens (tertiary/aromatic N) is 2. The summed E-state index contributed by atoms with van der Waals surface area (Å²) in [5.41, 5.74) is 0. The number of rotatable bonds is 3. The molecule has 0 spiro atoms. The van der Waals surface area contributed by atoms with E-state index in [0.717, 1.165) is 38.8 Å². The minimum Gasteiger partial charge on any atom is -0.481 e. The van der Waals surface area contributed by atoms with Crippen molar-refractivity contribution in [2.24, 2.45) is 5.92 Å². The first-order valence-electron chi connectivity index (χ1n) is 6.86. The smallest absolute Gasteiger partial charge is 0.308 e. The Labute approximate surface area is 112 Å². The quantitative estimate of drug-likeness (QED) is 0.799. The molecule has 2 saturated heterocycles. The van der Waals surface area contributed by atoms with Gasteiger partial charge in [-0.05, 0) is 12.8 Å². The number of amides is 2. The standard InChI is InChI=1S/C13H20N2O4/c16-11-7-10(13(18)19)8-15(11)9-12(17)14-5-3-1-2-4-6-14/h10H,1-9H2,(H,18,19). The summed E-state index contributed by atoms with van der Waals surface area (Å²) in [6.07, 6.45) is 4.33. The third-order valence-corrected chi connectivity index (χ3v) is 3.85. The predicted molar refractivity (Wildman–Crippen MR) is 67.4 cm³/mol. The number of carbonyl (C=O) groups is 3. The van der Waals surface area contributed by atoms with Gasteiger partial charge in [0, 0.05) is 26.1 Å². The number of hydrogen-bond donors (Lipinski definition) is 1. The molecule has 0 aromatic heterocycles. The molecule has 2 rings (SSSR count). The van der Waals surface area contributed by atoms with Gasteiger partial charge in [0.25, 0.3) is 0 Å². The van der Waals surface area contributed by atoms with E-state index in [9.17, 15) is 14.4 Å². The summed E-state index contributed by atoms with van der Waals surface area (Å²) in [5, 5.41) is 8.89. The van der Waals surface area contributed by atoms with Crippen LogP contribution in [0.2, 0.25) is 0 Å². The summed E-state index contributed by atoms with van der Waals surface area (Å²) in [6.45, 7) is 1.70. The fourth-order valence-corrected chi connectivity index (χ4v) is 2.67. The number of hydrogen-bond acceptors (Lipinski definition) is 3. The van der Waals surface area contributed by atoms with Gasteiger partial charge in [-0.15, -0.1) is 0 Å². The van der Waals surface area contributed by atoms with Crippen LogP contribution in [0, 0.1) is 5.92 Å². The molecule has 0 aromatic carbocycles. The van der Waals surface area contributed by atoms with Crippen LogP contribution in [0.1, 0.15) is 32.1 Å². The van der Waals surface area contributed by atoms with E-state index in [1.807, 2.05) is 0 Å². The van der Waals surface area contributed by atoms with Gasteiger partial charge in [0.05, 0.1) is 12.5 Å². The summed E-state index contributed by atoms with van der Waals surface area (Å²) in [6, 6.07) is 0. The first-order valence-corrected chi connectivity index (χ1v) is 6.86. The van der Waals surface area contributed by atoms with Crippen molar-refractivity contribution in [3.05, 3.63) is 0 Å². The van der Waals surface area contributed by atoms with Crippen LogP contribution in [0.3, 0.4) is 0 Å². The van der Waals surface area contributed by atoms with E-state index in [4.69, 9.17) is 5.11 Å². The molecule has 6 nitrogen and oxygen atoms in total. The molecule has 2 aliphatic rings. The van der Waals surface area contributed by atoms with Gasteiger partial charge in [-0.25, -0.2) is 0 Å². The van der Waals surface area contributed by atoms with E-state index in [1.165, 1.54) is 4.90 Å². The average Bonchev–Trinajstić information content (AvgIpc) is 2.60. The first kappa shape index (κ1) is 13.8. The van der Waals surface area contributed by atoms with Crippen molar-refractivity contribution >= 4 is 17.8 Å². The van der Waals surface area contributed by atoms with Gasteiger partial charge >= 0.3 is 5.97 Å². The molecule has 0 aromatic rings. The fourth-order valence-electron chi connectivity index (χ4n) is 2.67. The maximum absolute atomic E-state index is 12.1. The van der Waals surface area contributed by atoms with Crippen LogP contribution >= 0.6 is 0 Å². The molecule has 19 heavy (non-hydrogen) atoms. The summed E-state index contributed by atoms with van der Waals surface area (Å²) in [7, 11) is 0. The van der Waals surface area contributed by atoms with Crippen LogP contribution in [0.4, 0.5) is 0 Å². The molecule has 2 heterocycles. The third-order valence-electron chi connectivity index (χ3n) is 3.85. The number of aliphatic carboxylic acids is 1. The van der Waals surface area contributed by atoms with Crippen molar-refractivity contribution in [1.29, 1.82) is 0 Å². The third kappa shape index (κ3) is 3.45. The number of likely N-dealkylation sites (tertiary alicyclic amines) is 2. The molecule has 106 valence electrons. The Kier molecular flexibility index (Phi) is 4.39. The van der Waals surface area contributed by atoms with Crippen LogP contribution in [0.25, 0.3) is 0 Å². The molecule has 2 amide bonds. The molecule has 1 N–H and O–H groups in total. The average molecular weight is 268 g/mol. The Bertz CT molecular complexity index is 375. The SMILES string of the molecule is O=C(O)C1CC(=O)N(CC(=O)N2CCCCCC2)C1. The predicted octanol–water partition coefficient (Wildman–Crippen LogP) is 0.322. The van der Waals surface area contributed by atoms with Gasteiger partial charge in [-0.1, -0.05) is 12.8 Å². The first-order chi connectivity index (χ1) is 9.08. The molecular weight excluding hydrogens is 248 g/mol. The van der Waals surface area contributed by atoms with E-state index in [2.05, 4.69) is 0 Å². The lowest BCUT2D eigenvalue weighted by Crippen LogP contribution is -2.41. The van der Waals surface area contributed by atoms with Crippen molar-refractivity contribution in [3.8, 4) is 0 Å². The molecule has 0 aliphatic carbocycles. The molecule has 0 radical (unpaired) electrons. The summed E-state index contributed by atoms with van der Waals surface area (Å²) in [5.74, 6) is -1.90. The molecule has 0 saturated carbocycles. The van der Waals surface area contributed by atoms with E-state index < -0.39 is 11.9 Å². The molecule has 2 fully saturated rings. The van der Waals surface area contributed by atoms with Crippen LogP contribution in [-0.2, 0) is 14.4 Å². The van der Waals surface area contributed by atoms with Crippen LogP contribution in [0.15, 0.2) is 0 Å². The molecule has 1 atom stereocenters. The largest absolute Gasteiger partial charge is 0.481 e. The highest BCUT2D eigenvalue weighted by Crippen LogP contribution is 2.18. The van der Waals surface area contributed by atoms with Crippen molar-refractivity contribution in [2.45, 2.75) is 32.1 Å². The minimum atomic E-state index is -0.960. The van der Waals surface area contributed by atoms with Crippen LogP contribution in [-0.4, -0.2) is 58.9 Å². The molecule has 6 heteroatoms. The minimum absolute atomic E-state index is 0.0165. The zero-order chi connectivity index (χ0) is 13.8. The Balaban J connectivity index is 1.88. The van der Waals surface area contributed by atoms with Gasteiger partial charge in [-0.2, -0.15) is 0 Å². The van der Waals surface area contributed by atoms with E-state index in [1.54, 1.807) is 4.90 Å². The Morgan fingerprint density at radius 1 is 1.16 bits per heavy atom. The van der Waals surface area contributed by atoms with Crippen molar-refractivity contribution < 1.29 is 19.5 Å². The Morgan fingerprint density at radius 3 is 2.32 bits per heavy atom.